The van der Waals surface area contributed by atoms with Crippen LogP contribution in [0.25, 0.3) is 10.2 Å². The van der Waals surface area contributed by atoms with Crippen LogP contribution in [0.3, 0.4) is 0 Å². The van der Waals surface area contributed by atoms with Gasteiger partial charge in [-0.15, -0.1) is 4.37 Å². The summed E-state index contributed by atoms with van der Waals surface area (Å²) in [4.78, 5) is 0. The van der Waals surface area contributed by atoms with Crippen molar-refractivity contribution in [1.82, 2.24) is 4.37 Å². The number of nitrogens with one attached hydrogen (secondary N) is 1. The van der Waals surface area contributed by atoms with Crippen LogP contribution < -0.4 is 17.7 Å². The number of halogens is 1. The molecule has 3 aromatic rings. The van der Waals surface area contributed by atoms with Gasteiger partial charge in [-0.1, -0.05) is 0 Å². The minimum atomic E-state index is 0. The number of nitrogens with zero attached hydrogens (tertiary/aromatic N) is 1. The summed E-state index contributed by atoms with van der Waals surface area (Å²) in [5, 5.41) is 12.6. The fourth-order valence-corrected chi connectivity index (χ4v) is 3.72. The maximum atomic E-state index is 9.25. The van der Waals surface area contributed by atoms with Gasteiger partial charge in [0.15, 0.2) is 5.52 Å². The zero-order chi connectivity index (χ0) is 12.5. The highest BCUT2D eigenvalue weighted by atomic mass is 35.5. The molecule has 0 aliphatic heterocycles. The molecule has 6 heteroatoms. The summed E-state index contributed by atoms with van der Waals surface area (Å²) >= 11 is 0. The molecule has 19 heavy (non-hydrogen) atoms. The normalized spacial score (nSPS) is 10.2. The Morgan fingerprint density at radius 2 is 1.89 bits per heavy atom. The van der Waals surface area contributed by atoms with E-state index >= 15 is 0 Å². The Labute approximate surface area is 124 Å². The predicted octanol–water partition coefficient (Wildman–Crippen LogP) is 1.40. The van der Waals surface area contributed by atoms with Gasteiger partial charge in [0.05, 0.1) is 0 Å². The smallest absolute Gasteiger partial charge is 0.323 e. The first kappa shape index (κ1) is 14.0. The molecular formula is C13H11ClN2OS2. The molecule has 0 aliphatic rings. The fraction of sp³-hybridized carbons (Fsp3) is 0.0769. The molecule has 3 nitrogen and oxygen atoms in total. The summed E-state index contributed by atoms with van der Waals surface area (Å²) in [6.07, 6.45) is 0. The SMILES string of the molecule is Cc1cc(Nc2ccc(O)cc2)cc2[s+]snc12.[Cl-]. The number of fused-ring (bicyclic) bond motifs is 1. The lowest BCUT2D eigenvalue weighted by atomic mass is 10.2. The average molecular weight is 311 g/mol. The lowest BCUT2D eigenvalue weighted by Crippen LogP contribution is -3.00. The van der Waals surface area contributed by atoms with E-state index in [1.165, 1.54) is 20.8 Å². The molecule has 0 spiro atoms. The second-order valence-electron chi connectivity index (χ2n) is 4.06. The largest absolute Gasteiger partial charge is 1.00 e. The molecule has 1 aromatic heterocycles. The van der Waals surface area contributed by atoms with Gasteiger partial charge in [0.2, 0.25) is 0 Å². The van der Waals surface area contributed by atoms with E-state index in [1.807, 2.05) is 12.1 Å². The number of aryl methyl sites for hydroxylation is 1. The van der Waals surface area contributed by atoms with Gasteiger partial charge in [0, 0.05) is 17.4 Å². The second kappa shape index (κ2) is 5.69. The second-order valence-corrected chi connectivity index (χ2v) is 5.95. The first-order chi connectivity index (χ1) is 8.72. The summed E-state index contributed by atoms with van der Waals surface area (Å²) in [7, 11) is 3.19. The van der Waals surface area contributed by atoms with Gasteiger partial charge in [-0.2, -0.15) is 0 Å². The zero-order valence-corrected chi connectivity index (χ0v) is 12.4. The molecule has 0 saturated heterocycles. The third-order valence-corrected chi connectivity index (χ3v) is 4.49. The van der Waals surface area contributed by atoms with Gasteiger partial charge >= 0.3 is 10.3 Å². The van der Waals surface area contributed by atoms with Crippen molar-refractivity contribution >= 4 is 42.5 Å². The Morgan fingerprint density at radius 3 is 2.63 bits per heavy atom. The molecule has 0 saturated carbocycles. The van der Waals surface area contributed by atoms with E-state index in [9.17, 15) is 5.11 Å². The van der Waals surface area contributed by atoms with Crippen LogP contribution in [0, 0.1) is 6.92 Å². The quantitative estimate of drug-likeness (QED) is 0.427. The standard InChI is InChI=1S/C13H10N2OS2.ClH/c1-8-6-10(7-12-13(8)15-18-17-12)14-9-2-4-11(16)5-3-9;/h2-7,14H,1H3;1H. The van der Waals surface area contributed by atoms with E-state index in [2.05, 4.69) is 28.7 Å². The molecule has 3 rings (SSSR count). The van der Waals surface area contributed by atoms with Crippen molar-refractivity contribution in [2.75, 3.05) is 5.32 Å². The molecule has 2 N–H and O–H groups in total. The van der Waals surface area contributed by atoms with E-state index in [0.717, 1.165) is 16.9 Å². The maximum absolute atomic E-state index is 9.25. The monoisotopic (exact) mass is 310 g/mol. The molecular weight excluding hydrogens is 300 g/mol. The summed E-state index contributed by atoms with van der Waals surface area (Å²) < 4.78 is 5.57. The van der Waals surface area contributed by atoms with Crippen LogP contribution >= 0.6 is 20.9 Å². The molecule has 0 radical (unpaired) electrons. The van der Waals surface area contributed by atoms with E-state index in [0.29, 0.717) is 0 Å². The van der Waals surface area contributed by atoms with Gasteiger partial charge in [-0.3, -0.25) is 0 Å². The number of aromatic nitrogens is 1. The third kappa shape index (κ3) is 2.94. The lowest BCUT2D eigenvalue weighted by molar-refractivity contribution is -0.00000454. The van der Waals surface area contributed by atoms with Crippen molar-refractivity contribution in [2.24, 2.45) is 0 Å². The van der Waals surface area contributed by atoms with Gasteiger partial charge < -0.3 is 22.8 Å². The number of benzene rings is 2. The fourth-order valence-electron chi connectivity index (χ4n) is 1.81. The van der Waals surface area contributed by atoms with Crippen LogP contribution in [0.4, 0.5) is 11.4 Å². The highest BCUT2D eigenvalue weighted by Crippen LogP contribution is 2.29. The van der Waals surface area contributed by atoms with Gasteiger partial charge in [0.25, 0.3) is 15.2 Å². The summed E-state index contributed by atoms with van der Waals surface area (Å²) in [6.45, 7) is 2.07. The van der Waals surface area contributed by atoms with Crippen molar-refractivity contribution in [1.29, 1.82) is 0 Å². The number of rotatable bonds is 2. The summed E-state index contributed by atoms with van der Waals surface area (Å²) in [6, 6.07) is 11.2. The van der Waals surface area contributed by atoms with E-state index in [4.69, 9.17) is 0 Å². The van der Waals surface area contributed by atoms with E-state index in [-0.39, 0.29) is 18.2 Å². The number of phenolic OH excluding ortho intramolecular Hbond substituents is 1. The molecule has 0 atom stereocenters. The molecule has 0 bridgehead atoms. The van der Waals surface area contributed by atoms with Crippen LogP contribution in [-0.4, -0.2) is 9.48 Å². The molecule has 1 heterocycles. The van der Waals surface area contributed by atoms with Crippen molar-refractivity contribution in [3.8, 4) is 5.75 Å². The van der Waals surface area contributed by atoms with Crippen molar-refractivity contribution < 1.29 is 17.5 Å². The molecule has 0 unspecified atom stereocenters. The summed E-state index contributed by atoms with van der Waals surface area (Å²) in [5.41, 5.74) is 4.26. The van der Waals surface area contributed by atoms with Crippen molar-refractivity contribution in [2.45, 2.75) is 6.92 Å². The first-order valence-electron chi connectivity index (χ1n) is 5.48. The molecule has 0 fully saturated rings. The Bertz CT molecular complexity index is 697. The Kier molecular flexibility index (Phi) is 4.19. The number of aromatic hydroxyl groups is 1. The minimum absolute atomic E-state index is 0. The number of phenols is 1. The van der Waals surface area contributed by atoms with Crippen LogP contribution in [-0.2, 0) is 0 Å². The number of hydrogen-bond donors (Lipinski definition) is 2. The molecule has 0 aliphatic carbocycles. The molecule has 0 amide bonds. The van der Waals surface area contributed by atoms with Crippen LogP contribution in [0.5, 0.6) is 5.75 Å². The van der Waals surface area contributed by atoms with Gasteiger partial charge in [0.1, 0.15) is 5.75 Å². The highest BCUT2D eigenvalue weighted by Gasteiger charge is 2.13. The van der Waals surface area contributed by atoms with E-state index < -0.39 is 0 Å². The zero-order valence-electron chi connectivity index (χ0n) is 10.1. The summed E-state index contributed by atoms with van der Waals surface area (Å²) in [5.74, 6) is 0.274. The number of hydrogen-bond acceptors (Lipinski definition) is 4. The average Bonchev–Trinajstić information content (AvgIpc) is 2.81. The highest BCUT2D eigenvalue weighted by molar-refractivity contribution is 7.69. The van der Waals surface area contributed by atoms with Gasteiger partial charge in [-0.25, -0.2) is 0 Å². The minimum Gasteiger partial charge on any atom is -1.00 e. The third-order valence-electron chi connectivity index (χ3n) is 2.68. The van der Waals surface area contributed by atoms with Gasteiger partial charge in [-0.05, 0) is 42.8 Å². The van der Waals surface area contributed by atoms with Crippen molar-refractivity contribution in [3.63, 3.8) is 0 Å². The Balaban J connectivity index is 0.00000133. The van der Waals surface area contributed by atoms with Crippen molar-refractivity contribution in [3.05, 3.63) is 42.0 Å². The Morgan fingerprint density at radius 1 is 1.16 bits per heavy atom. The Hall–Kier alpha value is -1.43. The van der Waals surface area contributed by atoms with Crippen LogP contribution in [0.2, 0.25) is 0 Å². The topological polar surface area (TPSA) is 45.1 Å². The molecule has 2 aromatic carbocycles. The first-order valence-corrected chi connectivity index (χ1v) is 7.58. The predicted molar refractivity (Wildman–Crippen MR) is 78.0 cm³/mol. The lowest BCUT2D eigenvalue weighted by Gasteiger charge is -2.06. The van der Waals surface area contributed by atoms with E-state index in [1.54, 1.807) is 22.5 Å². The van der Waals surface area contributed by atoms with Crippen LogP contribution in [0.15, 0.2) is 36.4 Å². The van der Waals surface area contributed by atoms with Crippen LogP contribution in [0.1, 0.15) is 5.56 Å². The molecule has 98 valence electrons. The maximum Gasteiger partial charge on any atom is 0.323 e. The number of anilines is 2.